The van der Waals surface area contributed by atoms with Crippen molar-refractivity contribution in [1.29, 1.82) is 0 Å². The van der Waals surface area contributed by atoms with Gasteiger partial charge in [-0.25, -0.2) is 4.79 Å². The van der Waals surface area contributed by atoms with E-state index in [2.05, 4.69) is 5.32 Å². The van der Waals surface area contributed by atoms with Crippen molar-refractivity contribution in [2.24, 2.45) is 5.92 Å². The van der Waals surface area contributed by atoms with E-state index in [9.17, 15) is 32.6 Å². The number of para-hydroxylation sites is 1. The molecule has 30 heavy (non-hydrogen) atoms. The van der Waals surface area contributed by atoms with Gasteiger partial charge in [-0.3, -0.25) is 9.59 Å². The van der Waals surface area contributed by atoms with Gasteiger partial charge in [0.15, 0.2) is 0 Å². The molecule has 0 aromatic heterocycles. The summed E-state index contributed by atoms with van der Waals surface area (Å²) in [5, 5.41) is 12.4. The summed E-state index contributed by atoms with van der Waals surface area (Å²) in [7, 11) is -1.58. The van der Waals surface area contributed by atoms with Crippen molar-refractivity contribution in [3.8, 4) is 5.75 Å². The van der Waals surface area contributed by atoms with Crippen LogP contribution in [0.2, 0.25) is 0 Å². The average molecular weight is 431 g/mol. The lowest BCUT2D eigenvalue weighted by atomic mass is 9.72. The van der Waals surface area contributed by atoms with Crippen LogP contribution in [0.1, 0.15) is 42.6 Å². The molecule has 0 saturated carbocycles. The van der Waals surface area contributed by atoms with Gasteiger partial charge in [-0.05, 0) is 18.1 Å². The fourth-order valence-corrected chi connectivity index (χ4v) is 2.63. The first-order chi connectivity index (χ1) is 14.0. The highest BCUT2D eigenvalue weighted by molar-refractivity contribution is 6.47. The predicted molar refractivity (Wildman–Crippen MR) is 97.2 cm³/mol. The van der Waals surface area contributed by atoms with Crippen LogP contribution in [0.5, 0.6) is 5.75 Å². The van der Waals surface area contributed by atoms with Gasteiger partial charge >= 0.3 is 25.2 Å². The number of hydrogen-bond acceptors (Lipinski definition) is 7. The molecule has 2 N–H and O–H groups in total. The summed E-state index contributed by atoms with van der Waals surface area (Å²) in [6.45, 7) is 2.64. The van der Waals surface area contributed by atoms with E-state index in [0.29, 0.717) is 5.56 Å². The molecule has 0 bridgehead atoms. The van der Waals surface area contributed by atoms with Crippen LogP contribution in [0, 0.1) is 5.92 Å². The Morgan fingerprint density at radius 2 is 2.00 bits per heavy atom. The molecule has 0 fully saturated rings. The molecule has 1 atom stereocenters. The molecule has 0 aliphatic carbocycles. The van der Waals surface area contributed by atoms with Crippen LogP contribution in [-0.4, -0.2) is 48.9 Å². The Hall–Kier alpha value is -2.76. The second kappa shape index (κ2) is 9.83. The number of nitrogens with one attached hydrogen (secondary N) is 1. The number of carbonyl (C=O) groups is 3. The van der Waals surface area contributed by atoms with E-state index in [0.717, 1.165) is 0 Å². The van der Waals surface area contributed by atoms with E-state index in [1.54, 1.807) is 19.9 Å². The van der Waals surface area contributed by atoms with E-state index in [1.165, 1.54) is 12.1 Å². The molecular formula is C18H21BF3NO7. The fraction of sp³-hybridized carbons (Fsp3) is 0.500. The topological polar surface area (TPSA) is 111 Å². The zero-order chi connectivity index (χ0) is 22.5. The zero-order valence-electron chi connectivity index (χ0n) is 16.3. The first-order valence-corrected chi connectivity index (χ1v) is 9.14. The molecule has 0 saturated heterocycles. The lowest BCUT2D eigenvalue weighted by molar-refractivity contribution is -0.155. The van der Waals surface area contributed by atoms with E-state index < -0.39 is 62.6 Å². The van der Waals surface area contributed by atoms with Gasteiger partial charge < -0.3 is 24.5 Å². The van der Waals surface area contributed by atoms with Crippen molar-refractivity contribution in [3.63, 3.8) is 0 Å². The van der Waals surface area contributed by atoms with Crippen molar-refractivity contribution in [2.45, 2.75) is 45.2 Å². The first kappa shape index (κ1) is 23.5. The lowest BCUT2D eigenvalue weighted by Crippen LogP contribution is -2.53. The normalized spacial score (nSPS) is 15.8. The maximum atomic E-state index is 12.3. The van der Waals surface area contributed by atoms with E-state index >= 15 is 0 Å². The number of alkyl halides is 3. The standard InChI is InChI=1S/C18H21BF3NO7/c1-10(2)16(25)28-9-29-17(26)12-5-3-4-11-8-13(19(27)30-15(11)12)23-14(24)6-7-18(20,21)22/h3-5,10,13,27H,6-9H2,1-2H3,(H,23,24)/t13-/m0/s1. The maximum Gasteiger partial charge on any atom is 0.547 e. The molecule has 1 aromatic rings. The van der Waals surface area contributed by atoms with Crippen molar-refractivity contribution >= 4 is 25.0 Å². The van der Waals surface area contributed by atoms with Crippen LogP contribution < -0.4 is 9.97 Å². The SMILES string of the molecule is CC(C)C(=O)OCOC(=O)c1cccc2c1OB(O)[C@@H](NC(=O)CCC(F)(F)F)C2. The van der Waals surface area contributed by atoms with Gasteiger partial charge in [0.1, 0.15) is 11.3 Å². The third kappa shape index (κ3) is 6.65. The smallest absolute Gasteiger partial charge is 0.534 e. The van der Waals surface area contributed by atoms with Crippen molar-refractivity contribution in [3.05, 3.63) is 29.3 Å². The quantitative estimate of drug-likeness (QED) is 0.385. The number of benzene rings is 1. The number of amides is 1. The molecule has 8 nitrogen and oxygen atoms in total. The van der Waals surface area contributed by atoms with E-state index in [1.807, 2.05) is 0 Å². The molecule has 2 rings (SSSR count). The van der Waals surface area contributed by atoms with Gasteiger partial charge in [-0.1, -0.05) is 26.0 Å². The summed E-state index contributed by atoms with van der Waals surface area (Å²) in [5.74, 6) is -3.65. The van der Waals surface area contributed by atoms with Gasteiger partial charge in [-0.15, -0.1) is 0 Å². The number of ether oxygens (including phenoxy) is 2. The van der Waals surface area contributed by atoms with Crippen LogP contribution in [0.25, 0.3) is 0 Å². The molecule has 1 aliphatic heterocycles. The molecule has 0 spiro atoms. The summed E-state index contributed by atoms with van der Waals surface area (Å²) in [4.78, 5) is 35.4. The number of halogens is 3. The number of hydrogen-bond donors (Lipinski definition) is 2. The average Bonchev–Trinajstić information content (AvgIpc) is 2.65. The largest absolute Gasteiger partial charge is 0.547 e. The van der Waals surface area contributed by atoms with Crippen molar-refractivity contribution in [1.82, 2.24) is 5.32 Å². The third-order valence-electron chi connectivity index (χ3n) is 4.18. The molecular weight excluding hydrogens is 410 g/mol. The Labute approximate surface area is 170 Å². The molecule has 1 amide bonds. The Balaban J connectivity index is 2.00. The summed E-state index contributed by atoms with van der Waals surface area (Å²) in [5.41, 5.74) is 0.407. The summed E-state index contributed by atoms with van der Waals surface area (Å²) in [6.07, 6.45) is -6.50. The van der Waals surface area contributed by atoms with Crippen LogP contribution in [0.4, 0.5) is 13.2 Å². The highest BCUT2D eigenvalue weighted by Gasteiger charge is 2.38. The lowest BCUT2D eigenvalue weighted by Gasteiger charge is -2.29. The van der Waals surface area contributed by atoms with Gasteiger partial charge in [0.05, 0.1) is 18.3 Å². The number of carbonyl (C=O) groups excluding carboxylic acids is 3. The minimum Gasteiger partial charge on any atom is -0.534 e. The van der Waals surface area contributed by atoms with E-state index in [-0.39, 0.29) is 17.7 Å². The Morgan fingerprint density at radius 3 is 2.63 bits per heavy atom. The summed E-state index contributed by atoms with van der Waals surface area (Å²) < 4.78 is 51.7. The third-order valence-corrected chi connectivity index (χ3v) is 4.18. The van der Waals surface area contributed by atoms with Crippen LogP contribution in [0.3, 0.4) is 0 Å². The molecule has 0 unspecified atom stereocenters. The summed E-state index contributed by atoms with van der Waals surface area (Å²) in [6, 6.07) is 4.46. The van der Waals surface area contributed by atoms with Crippen LogP contribution >= 0.6 is 0 Å². The number of rotatable bonds is 7. The molecule has 12 heteroatoms. The van der Waals surface area contributed by atoms with Gasteiger partial charge in [0.2, 0.25) is 12.7 Å². The highest BCUT2D eigenvalue weighted by Crippen LogP contribution is 2.31. The second-order valence-electron chi connectivity index (χ2n) is 6.96. The predicted octanol–water partition coefficient (Wildman–Crippen LogP) is 1.78. The first-order valence-electron chi connectivity index (χ1n) is 9.14. The molecule has 0 radical (unpaired) electrons. The number of esters is 2. The van der Waals surface area contributed by atoms with Gasteiger partial charge in [0, 0.05) is 6.42 Å². The Kier molecular flexibility index (Phi) is 7.71. The zero-order valence-corrected chi connectivity index (χ0v) is 16.3. The Morgan fingerprint density at radius 1 is 1.30 bits per heavy atom. The maximum absolute atomic E-state index is 12.3. The number of fused-ring (bicyclic) bond motifs is 1. The molecule has 1 aromatic carbocycles. The minimum atomic E-state index is -4.47. The van der Waals surface area contributed by atoms with E-state index in [4.69, 9.17) is 14.1 Å². The molecule has 1 heterocycles. The van der Waals surface area contributed by atoms with Crippen LogP contribution in [0.15, 0.2) is 18.2 Å². The van der Waals surface area contributed by atoms with Crippen molar-refractivity contribution < 1.29 is 46.7 Å². The second-order valence-corrected chi connectivity index (χ2v) is 6.96. The Bertz CT molecular complexity index is 800. The summed E-state index contributed by atoms with van der Waals surface area (Å²) >= 11 is 0. The van der Waals surface area contributed by atoms with Crippen LogP contribution in [-0.2, 0) is 25.5 Å². The monoisotopic (exact) mass is 431 g/mol. The van der Waals surface area contributed by atoms with Gasteiger partial charge in [0.25, 0.3) is 0 Å². The van der Waals surface area contributed by atoms with Gasteiger partial charge in [-0.2, -0.15) is 13.2 Å². The minimum absolute atomic E-state index is 0.0194. The highest BCUT2D eigenvalue weighted by atomic mass is 19.4. The van der Waals surface area contributed by atoms with Crippen molar-refractivity contribution in [2.75, 3.05) is 6.79 Å². The molecule has 164 valence electrons. The fourth-order valence-electron chi connectivity index (χ4n) is 2.63. The molecule has 1 aliphatic rings.